The van der Waals surface area contributed by atoms with E-state index in [-0.39, 0.29) is 0 Å². The van der Waals surface area contributed by atoms with Crippen molar-refractivity contribution >= 4 is 15.9 Å². The third kappa shape index (κ3) is 5.67. The van der Waals surface area contributed by atoms with Crippen LogP contribution in [0.15, 0.2) is 0 Å². The Morgan fingerprint density at radius 3 is 2.69 bits per heavy atom. The minimum atomic E-state index is 0.734. The van der Waals surface area contributed by atoms with Crippen LogP contribution in [0.5, 0.6) is 0 Å². The molecule has 0 bridgehead atoms. The predicted octanol–water partition coefficient (Wildman–Crippen LogP) is 4.64. The Hall–Kier alpha value is 0.440. The highest BCUT2D eigenvalue weighted by atomic mass is 79.9. The SMILES string of the molecule is CC(C)CCOCCC1CC(C)CCC1Br. The summed E-state index contributed by atoms with van der Waals surface area (Å²) in [7, 11) is 0. The van der Waals surface area contributed by atoms with Gasteiger partial charge in [0.2, 0.25) is 0 Å². The smallest absolute Gasteiger partial charge is 0.0469 e. The van der Waals surface area contributed by atoms with Gasteiger partial charge in [0.1, 0.15) is 0 Å². The predicted molar refractivity (Wildman–Crippen MR) is 74.1 cm³/mol. The van der Waals surface area contributed by atoms with Crippen molar-refractivity contribution in [2.75, 3.05) is 13.2 Å². The van der Waals surface area contributed by atoms with Crippen molar-refractivity contribution in [1.29, 1.82) is 0 Å². The topological polar surface area (TPSA) is 9.23 Å². The van der Waals surface area contributed by atoms with Crippen LogP contribution in [0.3, 0.4) is 0 Å². The second kappa shape index (κ2) is 7.71. The molecule has 0 aliphatic heterocycles. The molecule has 0 saturated heterocycles. The zero-order chi connectivity index (χ0) is 12.0. The van der Waals surface area contributed by atoms with Crippen LogP contribution < -0.4 is 0 Å². The van der Waals surface area contributed by atoms with E-state index in [1.807, 2.05) is 0 Å². The molecule has 1 nitrogen and oxygen atoms in total. The second-order valence-electron chi connectivity index (χ2n) is 5.78. The van der Waals surface area contributed by atoms with Crippen molar-refractivity contribution in [1.82, 2.24) is 0 Å². The lowest BCUT2D eigenvalue weighted by Crippen LogP contribution is -2.25. The van der Waals surface area contributed by atoms with Crippen molar-refractivity contribution < 1.29 is 4.74 Å². The molecule has 2 heteroatoms. The van der Waals surface area contributed by atoms with Crippen LogP contribution >= 0.6 is 15.9 Å². The molecule has 0 amide bonds. The average Bonchev–Trinajstić information content (AvgIpc) is 2.22. The van der Waals surface area contributed by atoms with E-state index < -0.39 is 0 Å². The standard InChI is InChI=1S/C14H27BrO/c1-11(2)6-8-16-9-7-13-10-12(3)4-5-14(13)15/h11-14H,4-10H2,1-3H3. The summed E-state index contributed by atoms with van der Waals surface area (Å²) in [6.45, 7) is 8.77. The maximum Gasteiger partial charge on any atom is 0.0469 e. The fourth-order valence-corrected chi connectivity index (χ4v) is 3.16. The quantitative estimate of drug-likeness (QED) is 0.512. The van der Waals surface area contributed by atoms with E-state index in [0.29, 0.717) is 0 Å². The molecule has 16 heavy (non-hydrogen) atoms. The van der Waals surface area contributed by atoms with Gasteiger partial charge in [-0.05, 0) is 49.9 Å². The lowest BCUT2D eigenvalue weighted by Gasteiger charge is -2.31. The van der Waals surface area contributed by atoms with Gasteiger partial charge in [-0.15, -0.1) is 0 Å². The Labute approximate surface area is 109 Å². The largest absolute Gasteiger partial charge is 0.381 e. The first-order chi connectivity index (χ1) is 7.59. The molecule has 3 atom stereocenters. The Morgan fingerprint density at radius 2 is 2.00 bits per heavy atom. The van der Waals surface area contributed by atoms with Crippen LogP contribution in [0.2, 0.25) is 0 Å². The Balaban J connectivity index is 2.07. The lowest BCUT2D eigenvalue weighted by atomic mass is 9.81. The van der Waals surface area contributed by atoms with Gasteiger partial charge in [0.05, 0.1) is 0 Å². The molecule has 1 rings (SSSR count). The van der Waals surface area contributed by atoms with Gasteiger partial charge in [0.15, 0.2) is 0 Å². The summed E-state index contributed by atoms with van der Waals surface area (Å²) in [4.78, 5) is 0.734. The summed E-state index contributed by atoms with van der Waals surface area (Å²) in [6, 6.07) is 0. The van der Waals surface area contributed by atoms with E-state index >= 15 is 0 Å². The number of alkyl halides is 1. The fraction of sp³-hybridized carbons (Fsp3) is 1.00. The minimum absolute atomic E-state index is 0.734. The van der Waals surface area contributed by atoms with Gasteiger partial charge in [0.25, 0.3) is 0 Å². The molecule has 0 N–H and O–H groups in total. The lowest BCUT2D eigenvalue weighted by molar-refractivity contribution is 0.103. The highest BCUT2D eigenvalue weighted by Crippen LogP contribution is 2.35. The van der Waals surface area contributed by atoms with E-state index in [0.717, 1.165) is 35.8 Å². The number of halogens is 1. The number of rotatable bonds is 6. The average molecular weight is 291 g/mol. The first-order valence-corrected chi connectivity index (χ1v) is 7.73. The Bertz CT molecular complexity index is 182. The maximum absolute atomic E-state index is 5.71. The minimum Gasteiger partial charge on any atom is -0.381 e. The normalized spacial score (nSPS) is 30.9. The molecule has 96 valence electrons. The van der Waals surface area contributed by atoms with Crippen molar-refractivity contribution in [3.8, 4) is 0 Å². The molecule has 0 spiro atoms. The van der Waals surface area contributed by atoms with E-state index in [1.165, 1.54) is 32.1 Å². The van der Waals surface area contributed by atoms with Crippen molar-refractivity contribution in [3.63, 3.8) is 0 Å². The third-order valence-corrected chi connectivity index (χ3v) is 4.83. The molecular weight excluding hydrogens is 264 g/mol. The molecule has 1 aliphatic carbocycles. The van der Waals surface area contributed by atoms with E-state index in [9.17, 15) is 0 Å². The summed E-state index contributed by atoms with van der Waals surface area (Å²) in [5.41, 5.74) is 0. The van der Waals surface area contributed by atoms with Crippen LogP contribution in [0.1, 0.15) is 52.9 Å². The van der Waals surface area contributed by atoms with Crippen LogP contribution in [0.4, 0.5) is 0 Å². The Morgan fingerprint density at radius 1 is 1.25 bits per heavy atom. The van der Waals surface area contributed by atoms with Gasteiger partial charge in [-0.2, -0.15) is 0 Å². The van der Waals surface area contributed by atoms with E-state index in [1.54, 1.807) is 0 Å². The van der Waals surface area contributed by atoms with Gasteiger partial charge in [-0.1, -0.05) is 36.7 Å². The molecule has 0 heterocycles. The van der Waals surface area contributed by atoms with Crippen LogP contribution in [0.25, 0.3) is 0 Å². The van der Waals surface area contributed by atoms with Crippen LogP contribution in [0, 0.1) is 17.8 Å². The highest BCUT2D eigenvalue weighted by molar-refractivity contribution is 9.09. The summed E-state index contributed by atoms with van der Waals surface area (Å²) in [5, 5.41) is 0. The molecule has 0 radical (unpaired) electrons. The molecule has 1 aliphatic rings. The molecule has 0 aromatic carbocycles. The van der Waals surface area contributed by atoms with Gasteiger partial charge >= 0.3 is 0 Å². The molecule has 0 aromatic heterocycles. The Kier molecular flexibility index (Phi) is 6.98. The van der Waals surface area contributed by atoms with E-state index in [2.05, 4.69) is 36.7 Å². The zero-order valence-corrected chi connectivity index (χ0v) is 12.6. The van der Waals surface area contributed by atoms with Crippen molar-refractivity contribution in [3.05, 3.63) is 0 Å². The van der Waals surface area contributed by atoms with Gasteiger partial charge in [-0.3, -0.25) is 0 Å². The molecule has 0 aromatic rings. The van der Waals surface area contributed by atoms with Gasteiger partial charge in [-0.25, -0.2) is 0 Å². The van der Waals surface area contributed by atoms with E-state index in [4.69, 9.17) is 4.74 Å². The second-order valence-corrected chi connectivity index (χ2v) is 6.95. The first-order valence-electron chi connectivity index (χ1n) is 6.81. The summed E-state index contributed by atoms with van der Waals surface area (Å²) in [5.74, 6) is 2.51. The monoisotopic (exact) mass is 290 g/mol. The van der Waals surface area contributed by atoms with Crippen molar-refractivity contribution in [2.45, 2.75) is 57.7 Å². The molecular formula is C14H27BrO. The zero-order valence-electron chi connectivity index (χ0n) is 11.0. The van der Waals surface area contributed by atoms with Crippen LogP contribution in [-0.4, -0.2) is 18.0 Å². The number of hydrogen-bond donors (Lipinski definition) is 0. The molecule has 1 saturated carbocycles. The molecule has 3 unspecified atom stereocenters. The summed E-state index contributed by atoms with van der Waals surface area (Å²) in [6.07, 6.45) is 6.54. The third-order valence-electron chi connectivity index (χ3n) is 3.62. The summed E-state index contributed by atoms with van der Waals surface area (Å²) < 4.78 is 5.71. The molecule has 1 fully saturated rings. The van der Waals surface area contributed by atoms with Crippen LogP contribution in [-0.2, 0) is 4.74 Å². The van der Waals surface area contributed by atoms with Gasteiger partial charge in [0, 0.05) is 18.0 Å². The van der Waals surface area contributed by atoms with Gasteiger partial charge < -0.3 is 4.74 Å². The highest BCUT2D eigenvalue weighted by Gasteiger charge is 2.26. The number of ether oxygens (including phenoxy) is 1. The summed E-state index contributed by atoms with van der Waals surface area (Å²) >= 11 is 3.82. The maximum atomic E-state index is 5.71. The van der Waals surface area contributed by atoms with Crippen molar-refractivity contribution in [2.24, 2.45) is 17.8 Å². The first kappa shape index (κ1) is 14.5. The number of hydrogen-bond acceptors (Lipinski definition) is 1. The fourth-order valence-electron chi connectivity index (χ4n) is 2.42.